The van der Waals surface area contributed by atoms with Gasteiger partial charge in [-0.2, -0.15) is 5.10 Å². The van der Waals surface area contributed by atoms with Crippen LogP contribution in [0.2, 0.25) is 0 Å². The minimum atomic E-state index is -0.303. The van der Waals surface area contributed by atoms with Gasteiger partial charge in [0.15, 0.2) is 0 Å². The van der Waals surface area contributed by atoms with Crippen LogP contribution in [0.15, 0.2) is 49.2 Å². The molecule has 5 nitrogen and oxygen atoms in total. The van der Waals surface area contributed by atoms with E-state index in [1.165, 1.54) is 12.4 Å². The zero-order chi connectivity index (χ0) is 15.4. The molecule has 0 saturated heterocycles. The number of benzene rings is 1. The number of rotatable bonds is 5. The Morgan fingerprint density at radius 1 is 1.23 bits per heavy atom. The van der Waals surface area contributed by atoms with Crippen LogP contribution >= 0.6 is 0 Å². The van der Waals surface area contributed by atoms with Crippen LogP contribution in [0.4, 0.5) is 4.39 Å². The lowest BCUT2D eigenvalue weighted by Crippen LogP contribution is -2.03. The molecule has 3 aromatic rings. The van der Waals surface area contributed by atoms with Crippen LogP contribution in [0.1, 0.15) is 12.5 Å². The van der Waals surface area contributed by atoms with Crippen LogP contribution in [0.3, 0.4) is 0 Å². The summed E-state index contributed by atoms with van der Waals surface area (Å²) in [6.45, 7) is 2.86. The Balaban J connectivity index is 2.03. The maximum atomic E-state index is 14.1. The zero-order valence-electron chi connectivity index (χ0n) is 12.1. The Kier molecular flexibility index (Phi) is 4.09. The van der Waals surface area contributed by atoms with Crippen molar-refractivity contribution >= 4 is 0 Å². The minimum Gasteiger partial charge on any atom is -0.478 e. The van der Waals surface area contributed by atoms with Gasteiger partial charge in [0.05, 0.1) is 13.2 Å². The predicted molar refractivity (Wildman–Crippen MR) is 79.9 cm³/mol. The van der Waals surface area contributed by atoms with Gasteiger partial charge in [0, 0.05) is 17.3 Å². The topological polar surface area (TPSA) is 52.8 Å². The third-order valence-electron chi connectivity index (χ3n) is 3.16. The van der Waals surface area contributed by atoms with E-state index < -0.39 is 0 Å². The summed E-state index contributed by atoms with van der Waals surface area (Å²) in [6.07, 6.45) is 4.80. The average molecular weight is 298 g/mol. The quantitative estimate of drug-likeness (QED) is 0.726. The van der Waals surface area contributed by atoms with E-state index in [0.29, 0.717) is 30.2 Å². The van der Waals surface area contributed by atoms with Gasteiger partial charge in [-0.1, -0.05) is 18.2 Å². The van der Waals surface area contributed by atoms with Crippen molar-refractivity contribution in [3.63, 3.8) is 0 Å². The zero-order valence-corrected chi connectivity index (χ0v) is 12.1. The third-order valence-corrected chi connectivity index (χ3v) is 3.16. The molecule has 0 saturated carbocycles. The molecule has 0 aliphatic carbocycles. The molecule has 3 rings (SSSR count). The molecule has 0 bridgehead atoms. The summed E-state index contributed by atoms with van der Waals surface area (Å²) in [5.74, 6) is 0.123. The van der Waals surface area contributed by atoms with Gasteiger partial charge in [-0.25, -0.2) is 19.0 Å². The van der Waals surface area contributed by atoms with E-state index in [4.69, 9.17) is 4.74 Å². The minimum absolute atomic E-state index is 0.303. The van der Waals surface area contributed by atoms with Crippen LogP contribution in [-0.4, -0.2) is 26.4 Å². The van der Waals surface area contributed by atoms with E-state index in [1.807, 2.05) is 13.0 Å². The van der Waals surface area contributed by atoms with Crippen molar-refractivity contribution in [2.24, 2.45) is 0 Å². The number of aromatic nitrogens is 4. The summed E-state index contributed by atoms with van der Waals surface area (Å²) in [5.41, 5.74) is 2.00. The lowest BCUT2D eigenvalue weighted by molar-refractivity contribution is 0.328. The molecule has 2 aromatic heterocycles. The highest BCUT2D eigenvalue weighted by Crippen LogP contribution is 2.31. The van der Waals surface area contributed by atoms with Crippen molar-refractivity contribution < 1.29 is 9.13 Å². The van der Waals surface area contributed by atoms with E-state index in [9.17, 15) is 4.39 Å². The molecule has 0 radical (unpaired) electrons. The number of pyridine rings is 1. The van der Waals surface area contributed by atoms with Gasteiger partial charge >= 0.3 is 0 Å². The molecule has 1 aromatic carbocycles. The SMILES string of the molecule is CCOc1ncc(Cn2cncn2)cc1-c1ccccc1F. The molecule has 0 aliphatic rings. The van der Waals surface area contributed by atoms with Crippen molar-refractivity contribution in [2.45, 2.75) is 13.5 Å². The van der Waals surface area contributed by atoms with E-state index in [2.05, 4.69) is 15.1 Å². The molecule has 6 heteroatoms. The lowest BCUT2D eigenvalue weighted by atomic mass is 10.0. The molecular formula is C16H15FN4O. The average Bonchev–Trinajstić information content (AvgIpc) is 3.03. The Morgan fingerprint density at radius 2 is 2.09 bits per heavy atom. The van der Waals surface area contributed by atoms with Crippen molar-refractivity contribution in [3.8, 4) is 17.0 Å². The van der Waals surface area contributed by atoms with Gasteiger partial charge in [0.1, 0.15) is 18.5 Å². The number of ether oxygens (including phenoxy) is 1. The largest absolute Gasteiger partial charge is 0.478 e. The Labute approximate surface area is 127 Å². The molecular weight excluding hydrogens is 283 g/mol. The summed E-state index contributed by atoms with van der Waals surface area (Å²) < 4.78 is 21.3. The summed E-state index contributed by atoms with van der Waals surface area (Å²) in [6, 6.07) is 8.46. The summed E-state index contributed by atoms with van der Waals surface area (Å²) >= 11 is 0. The van der Waals surface area contributed by atoms with E-state index in [0.717, 1.165) is 5.56 Å². The van der Waals surface area contributed by atoms with Crippen LogP contribution in [0.5, 0.6) is 5.88 Å². The predicted octanol–water partition coefficient (Wildman–Crippen LogP) is 2.93. The maximum absolute atomic E-state index is 14.1. The highest BCUT2D eigenvalue weighted by molar-refractivity contribution is 5.69. The normalized spacial score (nSPS) is 10.6. The first-order chi connectivity index (χ1) is 10.8. The molecule has 0 spiro atoms. The van der Waals surface area contributed by atoms with Gasteiger partial charge in [-0.15, -0.1) is 0 Å². The standard InChI is InChI=1S/C16H15FN4O/c1-2-22-16-14(13-5-3-4-6-15(13)17)7-12(8-19-16)9-21-11-18-10-20-21/h3-8,10-11H,2,9H2,1H3. The maximum Gasteiger partial charge on any atom is 0.221 e. The molecule has 0 fully saturated rings. The van der Waals surface area contributed by atoms with Crippen LogP contribution < -0.4 is 4.74 Å². The summed E-state index contributed by atoms with van der Waals surface area (Å²) in [7, 11) is 0. The fourth-order valence-corrected chi connectivity index (χ4v) is 2.21. The van der Waals surface area contributed by atoms with Crippen LogP contribution in [0, 0.1) is 5.82 Å². The Morgan fingerprint density at radius 3 is 2.82 bits per heavy atom. The lowest BCUT2D eigenvalue weighted by Gasteiger charge is -2.12. The molecule has 0 unspecified atom stereocenters. The van der Waals surface area contributed by atoms with Crippen molar-refractivity contribution in [1.29, 1.82) is 0 Å². The number of hydrogen-bond acceptors (Lipinski definition) is 4. The molecule has 0 atom stereocenters. The Bertz CT molecular complexity index is 759. The second-order valence-electron chi connectivity index (χ2n) is 4.70. The van der Waals surface area contributed by atoms with Crippen molar-refractivity contribution in [3.05, 3.63) is 60.6 Å². The Hall–Kier alpha value is -2.76. The third kappa shape index (κ3) is 2.95. The highest BCUT2D eigenvalue weighted by atomic mass is 19.1. The van der Waals surface area contributed by atoms with Crippen molar-refractivity contribution in [1.82, 2.24) is 19.7 Å². The number of nitrogens with zero attached hydrogens (tertiary/aromatic N) is 4. The van der Waals surface area contributed by atoms with E-state index in [-0.39, 0.29) is 5.82 Å². The summed E-state index contributed by atoms with van der Waals surface area (Å²) in [5, 5.41) is 4.06. The van der Waals surface area contributed by atoms with Crippen LogP contribution in [0.25, 0.3) is 11.1 Å². The summed E-state index contributed by atoms with van der Waals surface area (Å²) in [4.78, 5) is 8.22. The molecule has 0 aliphatic heterocycles. The first-order valence-corrected chi connectivity index (χ1v) is 6.97. The fraction of sp³-hybridized carbons (Fsp3) is 0.188. The van der Waals surface area contributed by atoms with Crippen molar-refractivity contribution in [2.75, 3.05) is 6.61 Å². The molecule has 112 valence electrons. The molecule has 0 amide bonds. The smallest absolute Gasteiger partial charge is 0.221 e. The molecule has 22 heavy (non-hydrogen) atoms. The second-order valence-corrected chi connectivity index (χ2v) is 4.70. The highest BCUT2D eigenvalue weighted by Gasteiger charge is 2.13. The molecule has 0 N–H and O–H groups in total. The van der Waals surface area contributed by atoms with Gasteiger partial charge in [-0.05, 0) is 24.6 Å². The van der Waals surface area contributed by atoms with Crippen LogP contribution in [-0.2, 0) is 6.54 Å². The fourth-order valence-electron chi connectivity index (χ4n) is 2.21. The second kappa shape index (κ2) is 6.34. The van der Waals surface area contributed by atoms with E-state index >= 15 is 0 Å². The first-order valence-electron chi connectivity index (χ1n) is 6.97. The number of hydrogen-bond donors (Lipinski definition) is 0. The van der Waals surface area contributed by atoms with Gasteiger partial charge in [0.25, 0.3) is 0 Å². The molecule has 2 heterocycles. The van der Waals surface area contributed by atoms with Gasteiger partial charge in [-0.3, -0.25) is 0 Å². The monoisotopic (exact) mass is 298 g/mol. The van der Waals surface area contributed by atoms with Gasteiger partial charge < -0.3 is 4.74 Å². The van der Waals surface area contributed by atoms with E-state index in [1.54, 1.807) is 35.4 Å². The number of halogens is 1. The first kappa shape index (κ1) is 14.2. The van der Waals surface area contributed by atoms with Gasteiger partial charge in [0.2, 0.25) is 5.88 Å².